The van der Waals surface area contributed by atoms with Crippen LogP contribution >= 0.6 is 11.8 Å². The van der Waals surface area contributed by atoms with Crippen molar-refractivity contribution in [1.82, 2.24) is 15.1 Å². The minimum atomic E-state index is -1.18. The summed E-state index contributed by atoms with van der Waals surface area (Å²) in [6.07, 6.45) is -0.441. The third-order valence-corrected chi connectivity index (χ3v) is 8.67. The molecule has 0 bridgehead atoms. The molecule has 0 saturated carbocycles. The standard InChI is InChI=1S/C22H30N4O8S/c1-4-34-22(32)12-7-25(8-14(12)24-33)19(28)13-5-11(6-23-13)35-18-9(2)16-15(10(3)27)20(29)26(16)17(18)21(30)31/h9-13,15-16,23,27,33H,4-8H2,1-3H3,(H,30,31)/b24-14+/t9-,10-,11+,12?,13+,15-,16-/m1/s1. The molecule has 4 rings (SSSR count). The summed E-state index contributed by atoms with van der Waals surface area (Å²) < 4.78 is 5.01. The molecule has 4 aliphatic heterocycles. The molecule has 0 aromatic rings. The first kappa shape index (κ1) is 25.5. The van der Waals surface area contributed by atoms with Gasteiger partial charge in [0.1, 0.15) is 11.6 Å². The summed E-state index contributed by atoms with van der Waals surface area (Å²) in [6.45, 7) is 5.80. The summed E-state index contributed by atoms with van der Waals surface area (Å²) in [5.74, 6) is -4.02. The van der Waals surface area contributed by atoms with E-state index < -0.39 is 35.9 Å². The van der Waals surface area contributed by atoms with E-state index in [4.69, 9.17) is 4.74 Å². The summed E-state index contributed by atoms with van der Waals surface area (Å²) in [4.78, 5) is 53.1. The third-order valence-electron chi connectivity index (χ3n) is 7.16. The second-order valence-corrected chi connectivity index (χ2v) is 10.7. The molecular formula is C22H30N4O8S. The van der Waals surface area contributed by atoms with Crippen LogP contribution in [0.4, 0.5) is 0 Å². The van der Waals surface area contributed by atoms with Crippen LogP contribution in [0.1, 0.15) is 27.2 Å². The molecule has 192 valence electrons. The van der Waals surface area contributed by atoms with Crippen LogP contribution in [0.2, 0.25) is 0 Å². The number of carbonyl (C=O) groups excluding carboxylic acids is 3. The predicted octanol–water partition coefficient (Wildman–Crippen LogP) is -0.544. The highest BCUT2D eigenvalue weighted by atomic mass is 32.2. The summed E-state index contributed by atoms with van der Waals surface area (Å²) in [7, 11) is 0. The lowest BCUT2D eigenvalue weighted by Crippen LogP contribution is -2.63. The van der Waals surface area contributed by atoms with Gasteiger partial charge >= 0.3 is 11.9 Å². The zero-order valence-corrected chi connectivity index (χ0v) is 20.5. The zero-order valence-electron chi connectivity index (χ0n) is 19.7. The van der Waals surface area contributed by atoms with Crippen LogP contribution < -0.4 is 5.32 Å². The van der Waals surface area contributed by atoms with Gasteiger partial charge in [0.15, 0.2) is 0 Å². The molecule has 0 aliphatic carbocycles. The Hall–Kier alpha value is -2.64. The molecule has 3 fully saturated rings. The summed E-state index contributed by atoms with van der Waals surface area (Å²) in [5, 5.41) is 35.3. The highest BCUT2D eigenvalue weighted by Crippen LogP contribution is 2.51. The molecule has 35 heavy (non-hydrogen) atoms. The van der Waals surface area contributed by atoms with E-state index in [9.17, 15) is 34.6 Å². The molecule has 1 unspecified atom stereocenters. The zero-order chi connectivity index (χ0) is 25.6. The topological polar surface area (TPSA) is 169 Å². The average molecular weight is 511 g/mol. The maximum atomic E-state index is 13.1. The Labute approximate surface area is 206 Å². The molecule has 7 atom stereocenters. The van der Waals surface area contributed by atoms with Gasteiger partial charge in [-0.25, -0.2) is 4.79 Å². The van der Waals surface area contributed by atoms with Crippen molar-refractivity contribution in [2.24, 2.45) is 22.9 Å². The second kappa shape index (κ2) is 9.78. The Balaban J connectivity index is 1.42. The normalized spacial score (nSPS) is 34.3. The van der Waals surface area contributed by atoms with E-state index in [0.717, 1.165) is 0 Å². The van der Waals surface area contributed by atoms with Crippen LogP contribution in [0, 0.1) is 17.8 Å². The Morgan fingerprint density at radius 2 is 2.06 bits per heavy atom. The summed E-state index contributed by atoms with van der Waals surface area (Å²) in [5.41, 5.74) is 0.142. The smallest absolute Gasteiger partial charge is 0.353 e. The number of nitrogens with one attached hydrogen (secondary N) is 1. The Morgan fingerprint density at radius 1 is 1.34 bits per heavy atom. The third kappa shape index (κ3) is 4.29. The molecule has 4 heterocycles. The lowest BCUT2D eigenvalue weighted by Gasteiger charge is -2.46. The molecule has 12 nitrogen and oxygen atoms in total. The number of carboxylic acid groups (broad SMARTS) is 1. The van der Waals surface area contributed by atoms with Crippen LogP contribution in [-0.2, 0) is 23.9 Å². The van der Waals surface area contributed by atoms with Crippen molar-refractivity contribution in [3.8, 4) is 0 Å². The van der Waals surface area contributed by atoms with Gasteiger partial charge in [-0.2, -0.15) is 0 Å². The molecular weight excluding hydrogens is 480 g/mol. The van der Waals surface area contributed by atoms with Gasteiger partial charge in [0.25, 0.3) is 0 Å². The number of aliphatic hydroxyl groups excluding tert-OH is 1. The first-order chi connectivity index (χ1) is 16.6. The fourth-order valence-electron chi connectivity index (χ4n) is 5.48. The van der Waals surface area contributed by atoms with Gasteiger partial charge in [-0.05, 0) is 20.3 Å². The van der Waals surface area contributed by atoms with E-state index in [1.54, 1.807) is 6.92 Å². The van der Waals surface area contributed by atoms with E-state index in [1.807, 2.05) is 6.92 Å². The van der Waals surface area contributed by atoms with Gasteiger partial charge in [-0.1, -0.05) is 12.1 Å². The van der Waals surface area contributed by atoms with E-state index >= 15 is 0 Å². The Morgan fingerprint density at radius 3 is 2.66 bits per heavy atom. The Kier molecular flexibility index (Phi) is 7.11. The van der Waals surface area contributed by atoms with Crippen LogP contribution in [0.3, 0.4) is 0 Å². The molecule has 4 N–H and O–H groups in total. The number of carbonyl (C=O) groups is 4. The molecule has 4 aliphatic rings. The number of hydrogen-bond acceptors (Lipinski definition) is 10. The van der Waals surface area contributed by atoms with Gasteiger partial charge in [0, 0.05) is 29.2 Å². The van der Waals surface area contributed by atoms with Gasteiger partial charge < -0.3 is 35.3 Å². The summed E-state index contributed by atoms with van der Waals surface area (Å²) >= 11 is 1.36. The van der Waals surface area contributed by atoms with Gasteiger partial charge in [-0.3, -0.25) is 14.4 Å². The monoisotopic (exact) mass is 510 g/mol. The second-order valence-electron chi connectivity index (χ2n) is 9.32. The minimum absolute atomic E-state index is 0.0274. The van der Waals surface area contributed by atoms with E-state index in [-0.39, 0.29) is 60.1 Å². The maximum Gasteiger partial charge on any atom is 0.353 e. The quantitative estimate of drug-likeness (QED) is 0.151. The predicted molar refractivity (Wildman–Crippen MR) is 123 cm³/mol. The fourth-order valence-corrected chi connectivity index (χ4v) is 6.96. The molecule has 0 aromatic heterocycles. The van der Waals surface area contributed by atoms with Crippen molar-refractivity contribution in [3.05, 3.63) is 10.6 Å². The molecule has 3 saturated heterocycles. The number of oxime groups is 1. The molecule has 0 spiro atoms. The number of aliphatic hydroxyl groups is 1. The number of carboxylic acids is 1. The van der Waals surface area contributed by atoms with Crippen LogP contribution in [0.5, 0.6) is 0 Å². The van der Waals surface area contributed by atoms with Crippen molar-refractivity contribution in [2.45, 2.75) is 50.6 Å². The number of esters is 1. The first-order valence-corrected chi connectivity index (χ1v) is 12.5. The Bertz CT molecular complexity index is 998. The van der Waals surface area contributed by atoms with Gasteiger partial charge in [-0.15, -0.1) is 11.8 Å². The number of aliphatic carboxylic acids is 1. The lowest BCUT2D eigenvalue weighted by molar-refractivity contribution is -0.163. The van der Waals surface area contributed by atoms with E-state index in [2.05, 4.69) is 10.5 Å². The number of thioether (sulfide) groups is 1. The van der Waals surface area contributed by atoms with Crippen molar-refractivity contribution < 1.29 is 39.3 Å². The van der Waals surface area contributed by atoms with Crippen molar-refractivity contribution in [2.75, 3.05) is 26.2 Å². The van der Waals surface area contributed by atoms with Crippen LogP contribution in [0.25, 0.3) is 0 Å². The SMILES string of the molecule is CCOC(=O)C1CN(C(=O)[C@@H]2C[C@H](SC3=C(C(=O)O)N4C(=O)[C@H]([C@@H](C)O)[C@H]4[C@H]3C)CN2)C/C1=N\O. The molecule has 2 amide bonds. The van der Waals surface area contributed by atoms with Crippen molar-refractivity contribution in [1.29, 1.82) is 0 Å². The maximum absolute atomic E-state index is 13.1. The molecule has 0 aromatic carbocycles. The number of β-lactam (4-membered cyclic amide) rings is 1. The number of fused-ring (bicyclic) bond motifs is 1. The number of ether oxygens (including phenoxy) is 1. The van der Waals surface area contributed by atoms with Gasteiger partial charge in [0.2, 0.25) is 11.8 Å². The average Bonchev–Trinajstić information content (AvgIpc) is 3.50. The number of rotatable bonds is 7. The summed E-state index contributed by atoms with van der Waals surface area (Å²) in [6, 6.07) is -0.925. The lowest BCUT2D eigenvalue weighted by atomic mass is 9.79. The number of nitrogens with zero attached hydrogens (tertiary/aromatic N) is 3. The van der Waals surface area contributed by atoms with Crippen molar-refractivity contribution >= 4 is 41.2 Å². The van der Waals surface area contributed by atoms with Gasteiger partial charge in [0.05, 0.1) is 43.0 Å². The minimum Gasteiger partial charge on any atom is -0.477 e. The highest BCUT2D eigenvalue weighted by molar-refractivity contribution is 8.03. The number of hydrogen-bond donors (Lipinski definition) is 4. The molecule has 13 heteroatoms. The van der Waals surface area contributed by atoms with E-state index in [1.165, 1.54) is 28.5 Å². The van der Waals surface area contributed by atoms with Crippen molar-refractivity contribution in [3.63, 3.8) is 0 Å². The number of amides is 2. The van der Waals surface area contributed by atoms with E-state index in [0.29, 0.717) is 17.9 Å². The first-order valence-electron chi connectivity index (χ1n) is 11.6. The fraction of sp³-hybridized carbons (Fsp3) is 0.682. The molecule has 0 radical (unpaired) electrons. The number of likely N-dealkylation sites (tertiary alicyclic amines) is 1. The van der Waals surface area contributed by atoms with Crippen LogP contribution in [-0.4, -0.2) is 104 Å². The van der Waals surface area contributed by atoms with Crippen LogP contribution in [0.15, 0.2) is 15.8 Å². The largest absolute Gasteiger partial charge is 0.477 e. The highest BCUT2D eigenvalue weighted by Gasteiger charge is 2.60.